The van der Waals surface area contributed by atoms with E-state index in [4.69, 9.17) is 0 Å². The molecule has 0 aliphatic carbocycles. The molecule has 2 rings (SSSR count). The smallest absolute Gasteiger partial charge is 0.309 e. The van der Waals surface area contributed by atoms with Gasteiger partial charge in [-0.1, -0.05) is 42.0 Å². The predicted octanol–water partition coefficient (Wildman–Crippen LogP) is 4.32. The first-order chi connectivity index (χ1) is 9.41. The molecule has 0 radical (unpaired) electrons. The molecule has 0 heterocycles. The third-order valence-corrected chi connectivity index (χ3v) is 3.27. The summed E-state index contributed by atoms with van der Waals surface area (Å²) in [7, 11) is 1.79. The topological polar surface area (TPSA) is 12.0 Å². The zero-order valence-corrected chi connectivity index (χ0v) is 11.3. The zero-order chi connectivity index (χ0) is 14.8. The Morgan fingerprint density at radius 2 is 1.30 bits per heavy atom. The van der Waals surface area contributed by atoms with Crippen LogP contribution >= 0.6 is 0 Å². The van der Waals surface area contributed by atoms with Gasteiger partial charge in [0.15, 0.2) is 0 Å². The maximum atomic E-state index is 12.6. The van der Waals surface area contributed by atoms with E-state index < -0.39 is 11.7 Å². The molecular formula is C16H16F3N. The monoisotopic (exact) mass is 279 g/mol. The molecule has 0 saturated heterocycles. The minimum Gasteiger partial charge on any atom is -0.309 e. The summed E-state index contributed by atoms with van der Waals surface area (Å²) in [6.45, 7) is 2.00. The highest BCUT2D eigenvalue weighted by Crippen LogP contribution is 2.31. The molecule has 1 atom stereocenters. The van der Waals surface area contributed by atoms with Crippen LogP contribution in [-0.2, 0) is 6.18 Å². The van der Waals surface area contributed by atoms with E-state index in [0.717, 1.165) is 28.8 Å². The second kappa shape index (κ2) is 5.67. The van der Waals surface area contributed by atoms with E-state index in [1.165, 1.54) is 12.1 Å². The van der Waals surface area contributed by atoms with Gasteiger partial charge >= 0.3 is 6.18 Å². The molecule has 106 valence electrons. The maximum absolute atomic E-state index is 12.6. The molecule has 0 aliphatic rings. The van der Waals surface area contributed by atoms with Crippen molar-refractivity contribution in [1.82, 2.24) is 5.32 Å². The normalized spacial score (nSPS) is 13.2. The Kier molecular flexibility index (Phi) is 4.14. The minimum atomic E-state index is -4.29. The molecule has 1 nitrogen and oxygen atoms in total. The van der Waals surface area contributed by atoms with Crippen molar-refractivity contribution >= 4 is 0 Å². The van der Waals surface area contributed by atoms with Crippen molar-refractivity contribution in [1.29, 1.82) is 0 Å². The van der Waals surface area contributed by atoms with Gasteiger partial charge in [0.25, 0.3) is 0 Å². The molecule has 0 aromatic heterocycles. The second-order valence-corrected chi connectivity index (χ2v) is 4.75. The summed E-state index contributed by atoms with van der Waals surface area (Å²) in [5, 5.41) is 3.13. The molecule has 2 aromatic rings. The van der Waals surface area contributed by atoms with E-state index in [9.17, 15) is 13.2 Å². The van der Waals surface area contributed by atoms with Crippen LogP contribution < -0.4 is 5.32 Å². The van der Waals surface area contributed by atoms with Gasteiger partial charge in [-0.3, -0.25) is 0 Å². The lowest BCUT2D eigenvalue weighted by Crippen LogP contribution is -2.18. The maximum Gasteiger partial charge on any atom is 0.416 e. The number of hydrogen-bond acceptors (Lipinski definition) is 1. The molecule has 2 aromatic carbocycles. The first-order valence-electron chi connectivity index (χ1n) is 6.33. The summed E-state index contributed by atoms with van der Waals surface area (Å²) in [6.07, 6.45) is -4.29. The summed E-state index contributed by atoms with van der Waals surface area (Å²) in [6, 6.07) is 13.1. The van der Waals surface area contributed by atoms with Crippen LogP contribution in [0, 0.1) is 6.92 Å². The number of aryl methyl sites for hydroxylation is 1. The predicted molar refractivity (Wildman–Crippen MR) is 73.5 cm³/mol. The molecule has 4 heteroatoms. The van der Waals surface area contributed by atoms with Crippen LogP contribution in [-0.4, -0.2) is 7.05 Å². The lowest BCUT2D eigenvalue weighted by Gasteiger charge is -2.18. The van der Waals surface area contributed by atoms with Crippen LogP contribution in [0.15, 0.2) is 48.5 Å². The average molecular weight is 279 g/mol. The standard InChI is InChI=1S/C16H16F3N/c1-11-3-5-12(6-4-11)15(20-2)13-7-9-14(10-8-13)16(17,18)19/h3-10,15,20H,1-2H3. The zero-order valence-electron chi connectivity index (χ0n) is 11.3. The van der Waals surface area contributed by atoms with Gasteiger partial charge in [-0.25, -0.2) is 0 Å². The van der Waals surface area contributed by atoms with Crippen molar-refractivity contribution in [3.05, 3.63) is 70.8 Å². The highest BCUT2D eigenvalue weighted by molar-refractivity contribution is 5.35. The minimum absolute atomic E-state index is 0.113. The van der Waals surface area contributed by atoms with Crippen LogP contribution in [0.2, 0.25) is 0 Å². The van der Waals surface area contributed by atoms with Gasteiger partial charge in [0.1, 0.15) is 0 Å². The molecule has 1 N–H and O–H groups in total. The fourth-order valence-corrected chi connectivity index (χ4v) is 2.15. The van der Waals surface area contributed by atoms with Gasteiger partial charge in [-0.05, 0) is 37.2 Å². The molecular weight excluding hydrogens is 263 g/mol. The van der Waals surface area contributed by atoms with Crippen molar-refractivity contribution in [3.8, 4) is 0 Å². The lowest BCUT2D eigenvalue weighted by atomic mass is 9.97. The Hall–Kier alpha value is -1.81. The summed E-state index contributed by atoms with van der Waals surface area (Å²) in [5.74, 6) is 0. The Bertz CT molecular complexity index is 556. The van der Waals surface area contributed by atoms with Crippen molar-refractivity contribution in [2.45, 2.75) is 19.1 Å². The highest BCUT2D eigenvalue weighted by atomic mass is 19.4. The number of alkyl halides is 3. The first kappa shape index (κ1) is 14.6. The van der Waals surface area contributed by atoms with Crippen LogP contribution in [0.3, 0.4) is 0 Å². The summed E-state index contributed by atoms with van der Waals surface area (Å²) < 4.78 is 37.7. The van der Waals surface area contributed by atoms with Crippen LogP contribution in [0.25, 0.3) is 0 Å². The highest BCUT2D eigenvalue weighted by Gasteiger charge is 2.30. The van der Waals surface area contributed by atoms with E-state index in [2.05, 4.69) is 5.32 Å². The van der Waals surface area contributed by atoms with Crippen LogP contribution in [0.4, 0.5) is 13.2 Å². The Morgan fingerprint density at radius 1 is 0.850 bits per heavy atom. The molecule has 1 unspecified atom stereocenters. The second-order valence-electron chi connectivity index (χ2n) is 4.75. The van der Waals surface area contributed by atoms with E-state index >= 15 is 0 Å². The number of nitrogens with one attached hydrogen (secondary N) is 1. The fraction of sp³-hybridized carbons (Fsp3) is 0.250. The molecule has 20 heavy (non-hydrogen) atoms. The van der Waals surface area contributed by atoms with Crippen molar-refractivity contribution in [2.75, 3.05) is 7.05 Å². The Labute approximate surface area is 116 Å². The van der Waals surface area contributed by atoms with Gasteiger partial charge in [0.2, 0.25) is 0 Å². The number of rotatable bonds is 3. The summed E-state index contributed by atoms with van der Waals surface area (Å²) >= 11 is 0. The summed E-state index contributed by atoms with van der Waals surface area (Å²) in [5.41, 5.74) is 2.36. The Balaban J connectivity index is 2.30. The van der Waals surface area contributed by atoms with Gasteiger partial charge < -0.3 is 5.32 Å². The van der Waals surface area contributed by atoms with Gasteiger partial charge in [0, 0.05) is 0 Å². The molecule has 0 spiro atoms. The Morgan fingerprint density at radius 3 is 1.70 bits per heavy atom. The van der Waals surface area contributed by atoms with E-state index in [-0.39, 0.29) is 6.04 Å². The molecule has 0 aliphatic heterocycles. The van der Waals surface area contributed by atoms with E-state index in [1.807, 2.05) is 31.2 Å². The summed E-state index contributed by atoms with van der Waals surface area (Å²) in [4.78, 5) is 0. The van der Waals surface area contributed by atoms with E-state index in [1.54, 1.807) is 7.05 Å². The lowest BCUT2D eigenvalue weighted by molar-refractivity contribution is -0.137. The quantitative estimate of drug-likeness (QED) is 0.882. The van der Waals surface area contributed by atoms with Crippen LogP contribution in [0.1, 0.15) is 28.3 Å². The van der Waals surface area contributed by atoms with Gasteiger partial charge in [-0.15, -0.1) is 0 Å². The molecule has 0 bridgehead atoms. The van der Waals surface area contributed by atoms with Crippen LogP contribution in [0.5, 0.6) is 0 Å². The number of benzene rings is 2. The average Bonchev–Trinajstić information content (AvgIpc) is 2.41. The molecule has 0 amide bonds. The molecule has 0 fully saturated rings. The largest absolute Gasteiger partial charge is 0.416 e. The fourth-order valence-electron chi connectivity index (χ4n) is 2.15. The SMILES string of the molecule is CNC(c1ccc(C)cc1)c1ccc(C(F)(F)F)cc1. The van der Waals surface area contributed by atoms with Crippen molar-refractivity contribution < 1.29 is 13.2 Å². The third kappa shape index (κ3) is 3.20. The third-order valence-electron chi connectivity index (χ3n) is 3.27. The van der Waals surface area contributed by atoms with E-state index in [0.29, 0.717) is 0 Å². The number of halogens is 3. The first-order valence-corrected chi connectivity index (χ1v) is 6.33. The van der Waals surface area contributed by atoms with Crippen molar-refractivity contribution in [2.24, 2.45) is 0 Å². The van der Waals surface area contributed by atoms with Gasteiger partial charge in [0.05, 0.1) is 11.6 Å². The molecule has 0 saturated carbocycles. The van der Waals surface area contributed by atoms with Gasteiger partial charge in [-0.2, -0.15) is 13.2 Å². The van der Waals surface area contributed by atoms with Crippen molar-refractivity contribution in [3.63, 3.8) is 0 Å². The number of hydrogen-bond donors (Lipinski definition) is 1.